The van der Waals surface area contributed by atoms with Crippen molar-refractivity contribution in [3.8, 4) is 5.75 Å². The van der Waals surface area contributed by atoms with E-state index in [2.05, 4.69) is 53.2 Å². The van der Waals surface area contributed by atoms with Crippen LogP contribution in [0.2, 0.25) is 0 Å². The van der Waals surface area contributed by atoms with Gasteiger partial charge in [-0.15, -0.1) is 0 Å². The molecule has 11 atom stereocenters. The summed E-state index contributed by atoms with van der Waals surface area (Å²) < 4.78 is 0. The molecule has 3 aliphatic rings. The maximum Gasteiger partial charge on any atom is 0.305 e. The number of primary amides is 2. The van der Waals surface area contributed by atoms with Gasteiger partial charge in [-0.25, -0.2) is 0 Å². The molecule has 14 amide bonds. The lowest BCUT2D eigenvalue weighted by molar-refractivity contribution is -0.146. The lowest BCUT2D eigenvalue weighted by Crippen LogP contribution is -2.60. The Bertz CT molecular complexity index is 3120. The summed E-state index contributed by atoms with van der Waals surface area (Å²) in [5, 5.41) is 45.4. The summed E-state index contributed by atoms with van der Waals surface area (Å²) >= 11 is 1.44. The van der Waals surface area contributed by atoms with E-state index in [1.165, 1.54) is 47.9 Å². The molecule has 18 N–H and O–H groups in total. The van der Waals surface area contributed by atoms with E-state index < -0.39 is 169 Å². The summed E-state index contributed by atoms with van der Waals surface area (Å²) in [6, 6.07) is -0.701. The van der Waals surface area contributed by atoms with Crippen LogP contribution in [0.25, 0.3) is 0 Å². The quantitative estimate of drug-likeness (QED) is 0.0287. The van der Waals surface area contributed by atoms with Gasteiger partial charge in [0.2, 0.25) is 82.7 Å². The first kappa shape index (κ1) is 77.3. The van der Waals surface area contributed by atoms with Crippen LogP contribution in [0.4, 0.5) is 0 Å². The van der Waals surface area contributed by atoms with Gasteiger partial charge in [0.15, 0.2) is 0 Å². The Kier molecular flexibility index (Phi) is 30.8. The van der Waals surface area contributed by atoms with Gasteiger partial charge < -0.3 is 90.4 Å². The topological polar surface area (TPSA) is 501 Å². The molecule has 32 nitrogen and oxygen atoms in total. The second kappa shape index (κ2) is 38.2. The summed E-state index contributed by atoms with van der Waals surface area (Å²) in [5.41, 5.74) is 17.9. The minimum atomic E-state index is -1.80. The van der Waals surface area contributed by atoms with E-state index in [9.17, 15) is 82.1 Å². The van der Waals surface area contributed by atoms with E-state index >= 15 is 0 Å². The Hall–Kier alpha value is -9.40. The summed E-state index contributed by atoms with van der Waals surface area (Å²) in [5.74, 6) is -12.8. The maximum absolute atomic E-state index is 14.7. The molecule has 526 valence electrons. The van der Waals surface area contributed by atoms with Gasteiger partial charge in [-0.1, -0.05) is 56.3 Å². The first-order valence-corrected chi connectivity index (χ1v) is 33.4. The average Bonchev–Trinajstić information content (AvgIpc) is 1.61. The van der Waals surface area contributed by atoms with Crippen LogP contribution < -0.4 is 70.4 Å². The summed E-state index contributed by atoms with van der Waals surface area (Å²) in [7, 11) is 0. The zero-order valence-electron chi connectivity index (χ0n) is 54.3. The SMILES string of the molecule is CSCC[C@H](NC(=O)[C@H](CC(C)C)NC(=O)CNC(=O)[C@H](Cc1ccc(O)cc1)NC(=O)[C@H](Cc1ccccc1)NC(=O)[C@H](CCCCN)NC(=O)[C@H](CC(N)=O)NC(=O)[C@@H]1CCCN1C(=O)[C@H](CC(=O)O)NC(=O)[C@H](C)NC(=O)[C@@H]1CCCN1C(=O)[C@@H]1CCC(=O)N1)C(N)=O. The first-order chi connectivity index (χ1) is 45.6. The van der Waals surface area contributed by atoms with Crippen molar-refractivity contribution >= 4 is 100 Å². The number of aliphatic carboxylic acids is 1. The monoisotopic (exact) mass is 1360 g/mol. The van der Waals surface area contributed by atoms with Gasteiger partial charge in [0.25, 0.3) is 0 Å². The van der Waals surface area contributed by atoms with E-state index in [1.54, 1.807) is 30.3 Å². The molecular formula is C63H91N15O17S. The number of carboxylic acid groups (broad SMARTS) is 1. The highest BCUT2D eigenvalue weighted by Gasteiger charge is 2.43. The number of unbranched alkanes of at least 4 members (excludes halogenated alkanes) is 1. The van der Waals surface area contributed by atoms with Gasteiger partial charge in [0.1, 0.15) is 72.2 Å². The molecule has 2 aromatic rings. The highest BCUT2D eigenvalue weighted by Crippen LogP contribution is 2.23. The molecule has 5 rings (SSSR count). The van der Waals surface area contributed by atoms with E-state index in [-0.39, 0.29) is 108 Å². The zero-order chi connectivity index (χ0) is 70.8. The summed E-state index contributed by atoms with van der Waals surface area (Å²) in [4.78, 5) is 204. The van der Waals surface area contributed by atoms with Crippen molar-refractivity contribution in [3.05, 3.63) is 65.7 Å². The lowest BCUT2D eigenvalue weighted by atomic mass is 10.0. The van der Waals surface area contributed by atoms with Gasteiger partial charge >= 0.3 is 5.97 Å². The number of phenolic OH excluding ortho intramolecular Hbond substituents is 1. The van der Waals surface area contributed by atoms with E-state index in [1.807, 2.05) is 20.1 Å². The largest absolute Gasteiger partial charge is 0.508 e. The van der Waals surface area contributed by atoms with E-state index in [0.29, 0.717) is 29.7 Å². The number of benzene rings is 2. The van der Waals surface area contributed by atoms with Crippen LogP contribution in [0.1, 0.15) is 115 Å². The number of carboxylic acids is 1. The number of amides is 14. The number of likely N-dealkylation sites (tertiary alicyclic amines) is 2. The molecule has 3 saturated heterocycles. The Balaban J connectivity index is 1.31. The fourth-order valence-electron chi connectivity index (χ4n) is 11.3. The standard InChI is InChI=1S/C63H91N15O17S/c1-34(2)28-42(57(89)71-39(53(66)85)23-27-96-4)70-51(82)33-67-55(87)43(30-37-17-19-38(79)20-18-37)73-58(90)44(29-36-12-6-5-7-13-36)74-56(88)40(14-8-9-24-64)72-59(91)45(31-49(65)80)75-61(93)48-16-11-26-78(48)63(95)46(32-52(83)84)76-54(86)35(3)68-60(92)47-15-10-25-77(47)62(94)41-21-22-50(81)69-41/h5-7,12-13,17-20,34-35,39-48,79H,8-11,14-16,21-33,64H2,1-4H3,(H2,65,80)(H2,66,85)(H,67,87)(H,68,92)(H,69,81)(H,70,82)(H,71,89)(H,72,91)(H,73,90)(H,74,88)(H,75,93)(H,76,86)(H,83,84)/t35-,39-,40-,41-,42-,43-,44-,45-,46-,47-,48-/m0/s1. The minimum absolute atomic E-state index is 0.0372. The van der Waals surface area contributed by atoms with Gasteiger partial charge in [-0.3, -0.25) is 71.9 Å². The molecule has 0 radical (unpaired) electrons. The van der Waals surface area contributed by atoms with Gasteiger partial charge in [-0.05, 0) is 119 Å². The Labute approximate surface area is 559 Å². The summed E-state index contributed by atoms with van der Waals surface area (Å²) in [6.07, 6.45) is 1.70. The van der Waals surface area contributed by atoms with Crippen molar-refractivity contribution in [2.75, 3.05) is 38.2 Å². The predicted octanol–water partition coefficient (Wildman–Crippen LogP) is -3.78. The van der Waals surface area contributed by atoms with Gasteiger partial charge in [-0.2, -0.15) is 11.8 Å². The third-order valence-corrected chi connectivity index (χ3v) is 17.0. The molecule has 3 aliphatic heterocycles. The normalized spacial score (nSPS) is 18.3. The molecule has 0 aliphatic carbocycles. The number of aromatic hydroxyl groups is 1. The van der Waals surface area contributed by atoms with Gasteiger partial charge in [0.05, 0.1) is 19.4 Å². The van der Waals surface area contributed by atoms with Crippen molar-refractivity contribution < 1.29 is 82.1 Å². The number of nitrogens with one attached hydrogen (secondary N) is 10. The number of carbonyl (C=O) groups excluding carboxylic acids is 14. The number of hydrogen-bond donors (Lipinski definition) is 15. The summed E-state index contributed by atoms with van der Waals surface area (Å²) in [6.45, 7) is 4.47. The highest BCUT2D eigenvalue weighted by molar-refractivity contribution is 7.98. The van der Waals surface area contributed by atoms with Crippen LogP contribution in [-0.2, 0) is 84.8 Å². The highest BCUT2D eigenvalue weighted by atomic mass is 32.2. The Morgan fingerprint density at radius 2 is 1.16 bits per heavy atom. The minimum Gasteiger partial charge on any atom is -0.508 e. The van der Waals surface area contributed by atoms with Crippen molar-refractivity contribution in [2.45, 2.75) is 184 Å². The van der Waals surface area contributed by atoms with E-state index in [0.717, 1.165) is 4.90 Å². The predicted molar refractivity (Wildman–Crippen MR) is 347 cm³/mol. The molecule has 0 aromatic heterocycles. The molecule has 0 bridgehead atoms. The van der Waals surface area contributed by atoms with Crippen LogP contribution >= 0.6 is 11.8 Å². The smallest absolute Gasteiger partial charge is 0.305 e. The Morgan fingerprint density at radius 3 is 1.74 bits per heavy atom. The molecule has 0 saturated carbocycles. The van der Waals surface area contributed by atoms with E-state index in [4.69, 9.17) is 17.2 Å². The molecule has 3 fully saturated rings. The average molecular weight is 1360 g/mol. The molecule has 2 aromatic carbocycles. The van der Waals surface area contributed by atoms with Crippen LogP contribution in [0.3, 0.4) is 0 Å². The fourth-order valence-corrected chi connectivity index (χ4v) is 11.7. The number of hydrogen-bond acceptors (Lipinski definition) is 18. The zero-order valence-corrected chi connectivity index (χ0v) is 55.1. The van der Waals surface area contributed by atoms with Crippen molar-refractivity contribution in [2.24, 2.45) is 23.1 Å². The second-order valence-electron chi connectivity index (χ2n) is 24.4. The number of carbonyl (C=O) groups is 15. The van der Waals surface area contributed by atoms with Crippen LogP contribution in [0.15, 0.2) is 54.6 Å². The number of nitrogens with zero attached hydrogens (tertiary/aromatic N) is 2. The Morgan fingerprint density at radius 1 is 0.604 bits per heavy atom. The van der Waals surface area contributed by atoms with Gasteiger partial charge in [0, 0.05) is 32.4 Å². The van der Waals surface area contributed by atoms with Crippen LogP contribution in [-0.4, -0.2) is 213 Å². The molecule has 0 spiro atoms. The second-order valence-corrected chi connectivity index (χ2v) is 25.4. The fraction of sp³-hybridized carbons (Fsp3) is 0.571. The van der Waals surface area contributed by atoms with Crippen molar-refractivity contribution in [1.82, 2.24) is 63.0 Å². The molecule has 0 unspecified atom stereocenters. The number of rotatable bonds is 38. The van der Waals surface area contributed by atoms with Crippen LogP contribution in [0, 0.1) is 5.92 Å². The third-order valence-electron chi connectivity index (χ3n) is 16.3. The van der Waals surface area contributed by atoms with Crippen molar-refractivity contribution in [1.29, 1.82) is 0 Å². The first-order valence-electron chi connectivity index (χ1n) is 32.0. The third kappa shape index (κ3) is 24.4. The van der Waals surface area contributed by atoms with Crippen molar-refractivity contribution in [3.63, 3.8) is 0 Å². The molecule has 33 heteroatoms. The van der Waals surface area contributed by atoms with Crippen LogP contribution in [0.5, 0.6) is 5.75 Å². The molecule has 3 heterocycles. The lowest BCUT2D eigenvalue weighted by Gasteiger charge is -2.30. The number of nitrogens with two attached hydrogens (primary N) is 3. The molecule has 96 heavy (non-hydrogen) atoms. The number of phenols is 1. The number of thioether (sulfide) groups is 1. The maximum atomic E-state index is 14.7. The molecular weight excluding hydrogens is 1270 g/mol.